The molecule has 2 aromatic heterocycles. The Bertz CT molecular complexity index is 1160. The summed E-state index contributed by atoms with van der Waals surface area (Å²) in [5, 5.41) is 15.4. The van der Waals surface area contributed by atoms with Crippen molar-refractivity contribution in [3.8, 4) is 0 Å². The van der Waals surface area contributed by atoms with Crippen LogP contribution in [0.1, 0.15) is 29.0 Å². The number of hydrogen-bond donors (Lipinski definition) is 2. The number of aryl methyl sites for hydroxylation is 1. The van der Waals surface area contributed by atoms with E-state index in [0.29, 0.717) is 28.6 Å². The number of benzene rings is 2. The first kappa shape index (κ1) is 19.1. The Morgan fingerprint density at radius 2 is 1.86 bits per heavy atom. The van der Waals surface area contributed by atoms with Crippen molar-refractivity contribution in [2.45, 2.75) is 19.8 Å². The van der Waals surface area contributed by atoms with Crippen molar-refractivity contribution < 1.29 is 4.79 Å². The van der Waals surface area contributed by atoms with E-state index in [1.54, 1.807) is 12.1 Å². The normalized spacial score (nSPS) is 11.1. The zero-order chi connectivity index (χ0) is 20.2. The third-order valence-corrected chi connectivity index (χ3v) is 4.90. The molecule has 0 aliphatic carbocycles. The van der Waals surface area contributed by atoms with Gasteiger partial charge in [0.1, 0.15) is 5.82 Å². The van der Waals surface area contributed by atoms with Crippen LogP contribution in [-0.2, 0) is 0 Å². The Hall–Kier alpha value is -3.19. The summed E-state index contributed by atoms with van der Waals surface area (Å²) < 4.78 is 1.95. The fraction of sp³-hybridized carbons (Fsp3) is 0.238. The van der Waals surface area contributed by atoms with Crippen LogP contribution < -0.4 is 10.6 Å². The summed E-state index contributed by atoms with van der Waals surface area (Å²) in [7, 11) is 0. The molecule has 2 heterocycles. The maximum absolute atomic E-state index is 12.0. The molecule has 1 amide bonds. The first-order valence-corrected chi connectivity index (χ1v) is 9.89. The van der Waals surface area contributed by atoms with E-state index in [1.165, 1.54) is 0 Å². The third-order valence-electron chi connectivity index (χ3n) is 4.66. The average Bonchev–Trinajstić information content (AvgIpc) is 3.13. The van der Waals surface area contributed by atoms with Gasteiger partial charge >= 0.3 is 0 Å². The maximum Gasteiger partial charge on any atom is 0.251 e. The molecule has 0 bridgehead atoms. The molecule has 7 nitrogen and oxygen atoms in total. The number of fused-ring (bicyclic) bond motifs is 3. The number of carbonyl (C=O) groups is 1. The lowest BCUT2D eigenvalue weighted by molar-refractivity contribution is 0.0953. The van der Waals surface area contributed by atoms with Crippen LogP contribution in [0.5, 0.6) is 0 Å². The minimum Gasteiger partial charge on any atom is -0.367 e. The molecular formula is C21H21ClN6O. The van der Waals surface area contributed by atoms with E-state index < -0.39 is 0 Å². The van der Waals surface area contributed by atoms with Crippen LogP contribution in [0.3, 0.4) is 0 Å². The van der Waals surface area contributed by atoms with E-state index in [0.717, 1.165) is 36.2 Å². The zero-order valence-corrected chi connectivity index (χ0v) is 16.8. The van der Waals surface area contributed by atoms with E-state index >= 15 is 0 Å². The highest BCUT2D eigenvalue weighted by atomic mass is 35.5. The van der Waals surface area contributed by atoms with Gasteiger partial charge in [0, 0.05) is 23.7 Å². The lowest BCUT2D eigenvalue weighted by Gasteiger charge is -2.10. The van der Waals surface area contributed by atoms with Gasteiger partial charge in [0.2, 0.25) is 5.65 Å². The summed E-state index contributed by atoms with van der Waals surface area (Å²) in [5.74, 6) is 1.42. The summed E-state index contributed by atoms with van der Waals surface area (Å²) in [6, 6.07) is 14.8. The molecule has 2 aromatic carbocycles. The Labute approximate surface area is 173 Å². The summed E-state index contributed by atoms with van der Waals surface area (Å²) in [5.41, 5.74) is 3.05. The van der Waals surface area contributed by atoms with Gasteiger partial charge in [0.05, 0.1) is 11.0 Å². The first-order valence-electron chi connectivity index (χ1n) is 9.51. The molecule has 0 saturated heterocycles. The monoisotopic (exact) mass is 408 g/mol. The van der Waals surface area contributed by atoms with E-state index in [1.807, 2.05) is 47.7 Å². The molecule has 0 radical (unpaired) electrons. The second kappa shape index (κ2) is 8.45. The Balaban J connectivity index is 1.36. The molecule has 0 unspecified atom stereocenters. The van der Waals surface area contributed by atoms with Crippen molar-refractivity contribution in [3.63, 3.8) is 0 Å². The van der Waals surface area contributed by atoms with Gasteiger partial charge in [0.25, 0.3) is 5.91 Å². The Kier molecular flexibility index (Phi) is 5.57. The van der Waals surface area contributed by atoms with Crippen LogP contribution in [0.2, 0.25) is 5.02 Å². The number of amides is 1. The molecule has 29 heavy (non-hydrogen) atoms. The molecular weight excluding hydrogens is 388 g/mol. The fourth-order valence-electron chi connectivity index (χ4n) is 3.21. The molecule has 0 aliphatic rings. The SMILES string of the molecule is Cc1nnc2c(NCCCCNC(=O)c3ccccc3)nc3ccc(Cl)cc3n12. The lowest BCUT2D eigenvalue weighted by Crippen LogP contribution is -2.24. The van der Waals surface area contributed by atoms with Crippen molar-refractivity contribution in [1.29, 1.82) is 0 Å². The van der Waals surface area contributed by atoms with E-state index in [4.69, 9.17) is 11.6 Å². The van der Waals surface area contributed by atoms with Crippen LogP contribution in [0.15, 0.2) is 48.5 Å². The maximum atomic E-state index is 12.0. The number of carbonyl (C=O) groups excluding carboxylic acids is 1. The van der Waals surface area contributed by atoms with E-state index in [2.05, 4.69) is 25.8 Å². The molecule has 0 saturated carbocycles. The van der Waals surface area contributed by atoms with Crippen LogP contribution in [0.4, 0.5) is 5.82 Å². The summed E-state index contributed by atoms with van der Waals surface area (Å²) >= 11 is 6.14. The van der Waals surface area contributed by atoms with Gasteiger partial charge in [-0.05, 0) is 50.1 Å². The number of aromatic nitrogens is 4. The van der Waals surface area contributed by atoms with Gasteiger partial charge in [-0.1, -0.05) is 29.8 Å². The first-order chi connectivity index (χ1) is 14.1. The Morgan fingerprint density at radius 1 is 1.07 bits per heavy atom. The van der Waals surface area contributed by atoms with Gasteiger partial charge in [-0.15, -0.1) is 10.2 Å². The van der Waals surface area contributed by atoms with E-state index in [9.17, 15) is 4.79 Å². The molecule has 0 fully saturated rings. The minimum atomic E-state index is -0.0472. The summed E-state index contributed by atoms with van der Waals surface area (Å²) in [4.78, 5) is 16.7. The second-order valence-corrected chi connectivity index (χ2v) is 7.19. The second-order valence-electron chi connectivity index (χ2n) is 6.76. The van der Waals surface area contributed by atoms with Crippen molar-refractivity contribution in [2.24, 2.45) is 0 Å². The number of rotatable bonds is 7. The molecule has 0 atom stereocenters. The quantitative estimate of drug-likeness (QED) is 0.453. The molecule has 2 N–H and O–H groups in total. The highest BCUT2D eigenvalue weighted by molar-refractivity contribution is 6.31. The van der Waals surface area contributed by atoms with Gasteiger partial charge in [-0.2, -0.15) is 0 Å². The van der Waals surface area contributed by atoms with Gasteiger partial charge in [0.15, 0.2) is 5.82 Å². The van der Waals surface area contributed by atoms with E-state index in [-0.39, 0.29) is 5.91 Å². The predicted molar refractivity (Wildman–Crippen MR) is 115 cm³/mol. The van der Waals surface area contributed by atoms with Crippen LogP contribution >= 0.6 is 11.6 Å². The van der Waals surface area contributed by atoms with Gasteiger partial charge < -0.3 is 10.6 Å². The summed E-state index contributed by atoms with van der Waals surface area (Å²) in [6.07, 6.45) is 1.74. The standard InChI is InChI=1S/C21H21ClN6O/c1-14-26-27-20-19(25-17-10-9-16(22)13-18(17)28(14)20)23-11-5-6-12-24-21(29)15-7-3-2-4-8-15/h2-4,7-10,13H,5-6,11-12H2,1H3,(H,23,25)(H,24,29). The van der Waals surface area contributed by atoms with Crippen molar-refractivity contribution in [1.82, 2.24) is 24.9 Å². The molecule has 4 aromatic rings. The van der Waals surface area contributed by atoms with Crippen LogP contribution in [-0.4, -0.2) is 38.6 Å². The Morgan fingerprint density at radius 3 is 2.69 bits per heavy atom. The average molecular weight is 409 g/mol. The van der Waals surface area contributed by atoms with Gasteiger partial charge in [-0.3, -0.25) is 9.20 Å². The molecule has 0 spiro atoms. The fourth-order valence-corrected chi connectivity index (χ4v) is 3.38. The molecule has 8 heteroatoms. The number of nitrogens with zero attached hydrogens (tertiary/aromatic N) is 4. The van der Waals surface area contributed by atoms with Crippen molar-refractivity contribution in [2.75, 3.05) is 18.4 Å². The largest absolute Gasteiger partial charge is 0.367 e. The summed E-state index contributed by atoms with van der Waals surface area (Å²) in [6.45, 7) is 3.24. The highest BCUT2D eigenvalue weighted by Gasteiger charge is 2.13. The van der Waals surface area contributed by atoms with Crippen LogP contribution in [0.25, 0.3) is 16.7 Å². The number of nitrogens with one attached hydrogen (secondary N) is 2. The van der Waals surface area contributed by atoms with Crippen LogP contribution in [0, 0.1) is 6.92 Å². The number of hydrogen-bond acceptors (Lipinski definition) is 5. The molecule has 4 rings (SSSR count). The smallest absolute Gasteiger partial charge is 0.251 e. The van der Waals surface area contributed by atoms with Gasteiger partial charge in [-0.25, -0.2) is 4.98 Å². The van der Waals surface area contributed by atoms with Crippen molar-refractivity contribution in [3.05, 3.63) is 64.9 Å². The minimum absolute atomic E-state index is 0.0472. The third kappa shape index (κ3) is 4.14. The molecule has 148 valence electrons. The van der Waals surface area contributed by atoms with Crippen molar-refractivity contribution >= 4 is 40.0 Å². The number of unbranched alkanes of at least 4 members (excludes halogenated alkanes) is 1. The topological polar surface area (TPSA) is 84.2 Å². The highest BCUT2D eigenvalue weighted by Crippen LogP contribution is 2.24. The number of halogens is 1. The lowest BCUT2D eigenvalue weighted by atomic mass is 10.2. The molecule has 0 aliphatic heterocycles. The predicted octanol–water partition coefficient (Wildman–Crippen LogP) is 3.86. The number of anilines is 1. The zero-order valence-electron chi connectivity index (χ0n) is 16.0.